The number of urea groups is 1. The number of rotatable bonds is 7. The summed E-state index contributed by atoms with van der Waals surface area (Å²) >= 11 is 0. The van der Waals surface area contributed by atoms with Gasteiger partial charge in [0.25, 0.3) is 0 Å². The minimum atomic E-state index is -0.401. The number of ether oxygens (including phenoxy) is 1. The van der Waals surface area contributed by atoms with E-state index < -0.39 is 5.97 Å². The Hall–Kier alpha value is -3.16. The molecule has 0 aliphatic heterocycles. The van der Waals surface area contributed by atoms with Crippen molar-refractivity contribution in [2.75, 3.05) is 36.2 Å². The molecule has 27 heavy (non-hydrogen) atoms. The summed E-state index contributed by atoms with van der Waals surface area (Å²) in [4.78, 5) is 34.2. The van der Waals surface area contributed by atoms with Gasteiger partial charge in [0.1, 0.15) is 18.0 Å². The fourth-order valence-electron chi connectivity index (χ4n) is 2.25. The first kappa shape index (κ1) is 20.2. The Kier molecular flexibility index (Phi) is 7.10. The predicted octanol–water partition coefficient (Wildman–Crippen LogP) is 3.45. The van der Waals surface area contributed by atoms with Gasteiger partial charge in [-0.25, -0.2) is 19.6 Å². The fraction of sp³-hybridized carbons (Fsp3) is 0.368. The Labute approximate surface area is 159 Å². The van der Waals surface area contributed by atoms with E-state index in [4.69, 9.17) is 4.74 Å². The van der Waals surface area contributed by atoms with Gasteiger partial charge in [0.15, 0.2) is 0 Å². The van der Waals surface area contributed by atoms with Crippen molar-refractivity contribution in [1.82, 2.24) is 9.97 Å². The van der Waals surface area contributed by atoms with Crippen molar-refractivity contribution in [3.8, 4) is 0 Å². The van der Waals surface area contributed by atoms with Crippen molar-refractivity contribution in [1.29, 1.82) is 0 Å². The summed E-state index contributed by atoms with van der Waals surface area (Å²) in [5, 5.41) is 5.71. The van der Waals surface area contributed by atoms with Crippen LogP contribution >= 0.6 is 0 Å². The molecule has 8 nitrogen and oxygen atoms in total. The highest BCUT2D eigenvalue weighted by Gasteiger charge is 2.16. The highest BCUT2D eigenvalue weighted by atomic mass is 16.5. The van der Waals surface area contributed by atoms with Gasteiger partial charge in [0.2, 0.25) is 0 Å². The smallest absolute Gasteiger partial charge is 0.338 e. The van der Waals surface area contributed by atoms with Gasteiger partial charge in [0.05, 0.1) is 12.2 Å². The maximum absolute atomic E-state index is 12.6. The number of hydrogen-bond acceptors (Lipinski definition) is 6. The SMILES string of the molecule is CCCCOC(=O)c1ccc(C)c(NC(=O)N(C)c2cc(NC)ncn2)c1. The first-order valence-electron chi connectivity index (χ1n) is 8.78. The van der Waals surface area contributed by atoms with E-state index in [-0.39, 0.29) is 6.03 Å². The molecule has 2 rings (SSSR count). The molecule has 0 spiro atoms. The summed E-state index contributed by atoms with van der Waals surface area (Å²) < 4.78 is 5.22. The van der Waals surface area contributed by atoms with E-state index in [0.717, 1.165) is 18.4 Å². The summed E-state index contributed by atoms with van der Waals surface area (Å²) in [5.74, 6) is 0.647. The minimum absolute atomic E-state index is 0.379. The quantitative estimate of drug-likeness (QED) is 0.572. The summed E-state index contributed by atoms with van der Waals surface area (Å²) in [5.41, 5.74) is 1.77. The van der Waals surface area contributed by atoms with Crippen LogP contribution in [0.2, 0.25) is 0 Å². The number of aromatic nitrogens is 2. The van der Waals surface area contributed by atoms with Crippen LogP contribution in [0.15, 0.2) is 30.6 Å². The van der Waals surface area contributed by atoms with Crippen LogP contribution in [0.3, 0.4) is 0 Å². The van der Waals surface area contributed by atoms with Crippen LogP contribution < -0.4 is 15.5 Å². The number of nitrogens with one attached hydrogen (secondary N) is 2. The van der Waals surface area contributed by atoms with Gasteiger partial charge in [-0.15, -0.1) is 0 Å². The van der Waals surface area contributed by atoms with Gasteiger partial charge >= 0.3 is 12.0 Å². The molecule has 0 saturated heterocycles. The zero-order valence-corrected chi connectivity index (χ0v) is 16.1. The van der Waals surface area contributed by atoms with E-state index in [2.05, 4.69) is 20.6 Å². The highest BCUT2D eigenvalue weighted by Crippen LogP contribution is 2.20. The van der Waals surface area contributed by atoms with Crippen molar-refractivity contribution in [3.63, 3.8) is 0 Å². The first-order valence-corrected chi connectivity index (χ1v) is 8.78. The second-order valence-corrected chi connectivity index (χ2v) is 6.02. The number of unbranched alkanes of at least 4 members (excludes halogenated alkanes) is 1. The largest absolute Gasteiger partial charge is 0.462 e. The average Bonchev–Trinajstić information content (AvgIpc) is 2.69. The fourth-order valence-corrected chi connectivity index (χ4v) is 2.25. The van der Waals surface area contributed by atoms with Gasteiger partial charge in [-0.3, -0.25) is 4.90 Å². The lowest BCUT2D eigenvalue weighted by Crippen LogP contribution is -2.32. The Morgan fingerprint density at radius 1 is 1.22 bits per heavy atom. The zero-order valence-electron chi connectivity index (χ0n) is 16.1. The number of hydrogen-bond donors (Lipinski definition) is 2. The Morgan fingerprint density at radius 3 is 2.70 bits per heavy atom. The van der Waals surface area contributed by atoms with Crippen molar-refractivity contribution < 1.29 is 14.3 Å². The molecule has 2 amide bonds. The van der Waals surface area contributed by atoms with Crippen molar-refractivity contribution in [2.45, 2.75) is 26.7 Å². The molecule has 0 saturated carbocycles. The molecule has 8 heteroatoms. The molecule has 1 heterocycles. The van der Waals surface area contributed by atoms with E-state index in [1.807, 2.05) is 13.8 Å². The molecule has 0 radical (unpaired) electrons. The van der Waals surface area contributed by atoms with Gasteiger partial charge in [0, 0.05) is 25.8 Å². The lowest BCUT2D eigenvalue weighted by atomic mass is 10.1. The van der Waals surface area contributed by atoms with Crippen molar-refractivity contribution in [2.24, 2.45) is 0 Å². The zero-order chi connectivity index (χ0) is 19.8. The molecule has 0 atom stereocenters. The second kappa shape index (κ2) is 9.51. The number of carbonyl (C=O) groups is 2. The monoisotopic (exact) mass is 371 g/mol. The number of anilines is 3. The molecule has 1 aromatic heterocycles. The van der Waals surface area contributed by atoms with Gasteiger partial charge in [-0.2, -0.15) is 0 Å². The standard InChI is InChI=1S/C19H25N5O3/c1-5-6-9-27-18(25)14-8-7-13(2)15(10-14)23-19(26)24(4)17-11-16(20-3)21-12-22-17/h7-8,10-12H,5-6,9H2,1-4H3,(H,23,26)(H,20,21,22). The third kappa shape index (κ3) is 5.40. The maximum atomic E-state index is 12.6. The molecule has 0 aliphatic rings. The minimum Gasteiger partial charge on any atom is -0.462 e. The lowest BCUT2D eigenvalue weighted by Gasteiger charge is -2.18. The molecule has 0 aliphatic carbocycles. The number of amides is 2. The third-order valence-corrected chi connectivity index (χ3v) is 4.00. The molecule has 0 fully saturated rings. The lowest BCUT2D eigenvalue weighted by molar-refractivity contribution is 0.0499. The molecule has 2 aromatic rings. The molecule has 1 aromatic carbocycles. The molecule has 0 bridgehead atoms. The summed E-state index contributed by atoms with van der Waals surface area (Å²) in [6, 6.07) is 6.36. The average molecular weight is 371 g/mol. The first-order chi connectivity index (χ1) is 13.0. The number of carbonyl (C=O) groups excluding carboxylic acids is 2. The van der Waals surface area contributed by atoms with Crippen molar-refractivity contribution >= 4 is 29.3 Å². The Balaban J connectivity index is 2.12. The topological polar surface area (TPSA) is 96.5 Å². The van der Waals surface area contributed by atoms with E-state index in [9.17, 15) is 9.59 Å². The molecule has 0 unspecified atom stereocenters. The highest BCUT2D eigenvalue weighted by molar-refractivity contribution is 6.02. The second-order valence-electron chi connectivity index (χ2n) is 6.02. The van der Waals surface area contributed by atoms with Crippen molar-refractivity contribution in [3.05, 3.63) is 41.7 Å². The van der Waals surface area contributed by atoms with Crippen LogP contribution in [0.5, 0.6) is 0 Å². The number of nitrogens with zero attached hydrogens (tertiary/aromatic N) is 3. The van der Waals surface area contributed by atoms with Crippen LogP contribution in [0.1, 0.15) is 35.7 Å². The molecular formula is C19H25N5O3. The van der Waals surface area contributed by atoms with Crippen LogP contribution in [0, 0.1) is 6.92 Å². The Bertz CT molecular complexity index is 810. The maximum Gasteiger partial charge on any atom is 0.338 e. The van der Waals surface area contributed by atoms with E-state index >= 15 is 0 Å². The summed E-state index contributed by atoms with van der Waals surface area (Å²) in [6.07, 6.45) is 3.15. The number of benzene rings is 1. The van der Waals surface area contributed by atoms with Crippen LogP contribution in [0.4, 0.5) is 22.1 Å². The van der Waals surface area contributed by atoms with Crippen LogP contribution in [0.25, 0.3) is 0 Å². The number of aryl methyl sites for hydroxylation is 1. The summed E-state index contributed by atoms with van der Waals surface area (Å²) in [7, 11) is 3.34. The molecular weight excluding hydrogens is 346 g/mol. The van der Waals surface area contributed by atoms with E-state index in [1.54, 1.807) is 38.4 Å². The normalized spacial score (nSPS) is 10.2. The van der Waals surface area contributed by atoms with Gasteiger partial charge in [-0.05, 0) is 31.0 Å². The third-order valence-electron chi connectivity index (χ3n) is 4.00. The molecule has 144 valence electrons. The van der Waals surface area contributed by atoms with Gasteiger partial charge in [-0.1, -0.05) is 19.4 Å². The van der Waals surface area contributed by atoms with E-state index in [0.29, 0.717) is 29.5 Å². The molecule has 2 N–H and O–H groups in total. The predicted molar refractivity (Wildman–Crippen MR) is 105 cm³/mol. The number of esters is 1. The Morgan fingerprint density at radius 2 is 2.00 bits per heavy atom. The summed E-state index contributed by atoms with van der Waals surface area (Å²) in [6.45, 7) is 4.27. The van der Waals surface area contributed by atoms with Gasteiger partial charge < -0.3 is 15.4 Å². The van der Waals surface area contributed by atoms with E-state index in [1.165, 1.54) is 11.2 Å². The van der Waals surface area contributed by atoms with Crippen LogP contribution in [-0.4, -0.2) is 42.7 Å². The van der Waals surface area contributed by atoms with Crippen LogP contribution in [-0.2, 0) is 4.74 Å².